The fourth-order valence-corrected chi connectivity index (χ4v) is 3.00. The molecule has 0 spiro atoms. The lowest BCUT2D eigenvalue weighted by Crippen LogP contribution is -1.98. The fourth-order valence-electron chi connectivity index (χ4n) is 3.00. The summed E-state index contributed by atoms with van der Waals surface area (Å²) in [5.41, 5.74) is 4.23. The maximum Gasteiger partial charge on any atom is 0.120 e. The molecule has 2 heteroatoms. The highest BCUT2D eigenvalue weighted by molar-refractivity contribution is 5.83. The summed E-state index contributed by atoms with van der Waals surface area (Å²) in [7, 11) is 0. The molecule has 0 saturated heterocycles. The van der Waals surface area contributed by atoms with Crippen molar-refractivity contribution in [2.45, 2.75) is 13.5 Å². The zero-order valence-corrected chi connectivity index (χ0v) is 14.1. The third-order valence-corrected chi connectivity index (χ3v) is 4.21. The van der Waals surface area contributed by atoms with Crippen molar-refractivity contribution in [1.82, 2.24) is 4.98 Å². The summed E-state index contributed by atoms with van der Waals surface area (Å²) in [6, 6.07) is 28.9. The minimum absolute atomic E-state index is 0.529. The summed E-state index contributed by atoms with van der Waals surface area (Å²) in [5.74, 6) is 0.884. The van der Waals surface area contributed by atoms with Crippen LogP contribution in [0.4, 0.5) is 0 Å². The van der Waals surface area contributed by atoms with Gasteiger partial charge in [-0.25, -0.2) is 0 Å². The second-order valence-corrected chi connectivity index (χ2v) is 6.17. The van der Waals surface area contributed by atoms with Crippen LogP contribution in [0.25, 0.3) is 22.0 Å². The molecule has 4 aromatic rings. The quantitative estimate of drug-likeness (QED) is 0.474. The van der Waals surface area contributed by atoms with Crippen molar-refractivity contribution < 1.29 is 4.74 Å². The van der Waals surface area contributed by atoms with Crippen LogP contribution in [0.5, 0.6) is 5.75 Å². The van der Waals surface area contributed by atoms with E-state index in [0.717, 1.165) is 28.3 Å². The Morgan fingerprint density at radius 1 is 0.760 bits per heavy atom. The van der Waals surface area contributed by atoms with Crippen LogP contribution < -0.4 is 4.74 Å². The Hall–Kier alpha value is -3.13. The maximum atomic E-state index is 6.02. The average Bonchev–Trinajstić information content (AvgIpc) is 2.66. The first-order valence-corrected chi connectivity index (χ1v) is 8.42. The Morgan fingerprint density at radius 3 is 2.36 bits per heavy atom. The van der Waals surface area contributed by atoms with E-state index in [4.69, 9.17) is 4.74 Å². The molecule has 0 aliphatic rings. The molecule has 1 heterocycles. The van der Waals surface area contributed by atoms with Crippen LogP contribution in [-0.2, 0) is 6.61 Å². The highest BCUT2D eigenvalue weighted by Gasteiger charge is 2.04. The average molecular weight is 325 g/mol. The number of hydrogen-bond acceptors (Lipinski definition) is 2. The Kier molecular flexibility index (Phi) is 4.17. The summed E-state index contributed by atoms with van der Waals surface area (Å²) in [5, 5.41) is 2.41. The third kappa shape index (κ3) is 3.53. The molecule has 0 fully saturated rings. The van der Waals surface area contributed by atoms with Crippen LogP contribution in [0.15, 0.2) is 84.9 Å². The van der Waals surface area contributed by atoms with Gasteiger partial charge in [-0.3, -0.25) is 4.98 Å². The van der Waals surface area contributed by atoms with Gasteiger partial charge in [0.2, 0.25) is 0 Å². The standard InChI is InChI=1S/C23H19NO/c1-17-13-18(14-23(24-17)20-8-3-2-4-9-20)16-25-22-12-11-19-7-5-6-10-21(19)15-22/h2-15H,16H2,1H3. The lowest BCUT2D eigenvalue weighted by Gasteiger charge is -2.10. The summed E-state index contributed by atoms with van der Waals surface area (Å²) < 4.78 is 6.02. The largest absolute Gasteiger partial charge is 0.489 e. The molecule has 0 unspecified atom stereocenters. The van der Waals surface area contributed by atoms with Gasteiger partial charge in [0.25, 0.3) is 0 Å². The van der Waals surface area contributed by atoms with Crippen LogP contribution in [0.3, 0.4) is 0 Å². The normalized spacial score (nSPS) is 10.8. The SMILES string of the molecule is Cc1cc(COc2ccc3ccccc3c2)cc(-c2ccccc2)n1. The van der Waals surface area contributed by atoms with E-state index in [2.05, 4.69) is 53.5 Å². The number of aromatic nitrogens is 1. The van der Waals surface area contributed by atoms with E-state index in [-0.39, 0.29) is 0 Å². The third-order valence-electron chi connectivity index (χ3n) is 4.21. The Balaban J connectivity index is 1.57. The molecule has 0 radical (unpaired) electrons. The predicted molar refractivity (Wildman–Crippen MR) is 103 cm³/mol. The van der Waals surface area contributed by atoms with Crippen LogP contribution in [-0.4, -0.2) is 4.98 Å². The van der Waals surface area contributed by atoms with Crippen molar-refractivity contribution in [2.75, 3.05) is 0 Å². The molecule has 0 aliphatic carbocycles. The van der Waals surface area contributed by atoms with Crippen LogP contribution in [0, 0.1) is 6.92 Å². The topological polar surface area (TPSA) is 22.1 Å². The molecule has 3 aromatic carbocycles. The predicted octanol–water partition coefficient (Wildman–Crippen LogP) is 5.79. The van der Waals surface area contributed by atoms with Gasteiger partial charge < -0.3 is 4.74 Å². The number of nitrogens with zero attached hydrogens (tertiary/aromatic N) is 1. The number of aryl methyl sites for hydroxylation is 1. The smallest absolute Gasteiger partial charge is 0.120 e. The lowest BCUT2D eigenvalue weighted by molar-refractivity contribution is 0.306. The molecule has 0 saturated carbocycles. The Bertz CT molecular complexity index is 1010. The van der Waals surface area contributed by atoms with E-state index in [9.17, 15) is 0 Å². The van der Waals surface area contributed by atoms with Crippen molar-refractivity contribution in [3.05, 3.63) is 96.2 Å². The van der Waals surface area contributed by atoms with E-state index >= 15 is 0 Å². The van der Waals surface area contributed by atoms with Gasteiger partial charge in [0.15, 0.2) is 0 Å². The number of ether oxygens (including phenoxy) is 1. The summed E-state index contributed by atoms with van der Waals surface area (Å²) in [6.45, 7) is 2.55. The van der Waals surface area contributed by atoms with E-state index in [1.807, 2.05) is 43.3 Å². The number of rotatable bonds is 4. The Morgan fingerprint density at radius 2 is 1.52 bits per heavy atom. The molecule has 0 aliphatic heterocycles. The fraction of sp³-hybridized carbons (Fsp3) is 0.0870. The summed E-state index contributed by atoms with van der Waals surface area (Å²) >= 11 is 0. The highest BCUT2D eigenvalue weighted by Crippen LogP contribution is 2.23. The highest BCUT2D eigenvalue weighted by atomic mass is 16.5. The van der Waals surface area contributed by atoms with Gasteiger partial charge in [-0.2, -0.15) is 0 Å². The second-order valence-electron chi connectivity index (χ2n) is 6.17. The van der Waals surface area contributed by atoms with Gasteiger partial charge in [-0.1, -0.05) is 60.7 Å². The van der Waals surface area contributed by atoms with Crippen molar-refractivity contribution in [3.63, 3.8) is 0 Å². The van der Waals surface area contributed by atoms with Gasteiger partial charge in [0.1, 0.15) is 12.4 Å². The maximum absolute atomic E-state index is 6.02. The molecule has 0 N–H and O–H groups in total. The van der Waals surface area contributed by atoms with E-state index < -0.39 is 0 Å². The second kappa shape index (κ2) is 6.78. The molecule has 1 aromatic heterocycles. The zero-order chi connectivity index (χ0) is 17.1. The van der Waals surface area contributed by atoms with Gasteiger partial charge in [0, 0.05) is 11.3 Å². The first-order chi connectivity index (χ1) is 12.3. The van der Waals surface area contributed by atoms with Gasteiger partial charge in [-0.15, -0.1) is 0 Å². The van der Waals surface area contributed by atoms with Crippen molar-refractivity contribution in [3.8, 4) is 17.0 Å². The van der Waals surface area contributed by atoms with Crippen molar-refractivity contribution >= 4 is 10.8 Å². The van der Waals surface area contributed by atoms with E-state index in [1.54, 1.807) is 0 Å². The summed E-state index contributed by atoms with van der Waals surface area (Å²) in [6.07, 6.45) is 0. The zero-order valence-electron chi connectivity index (χ0n) is 14.1. The van der Waals surface area contributed by atoms with E-state index in [0.29, 0.717) is 6.61 Å². The minimum atomic E-state index is 0.529. The first kappa shape index (κ1) is 15.4. The number of fused-ring (bicyclic) bond motifs is 1. The van der Waals surface area contributed by atoms with Crippen molar-refractivity contribution in [1.29, 1.82) is 0 Å². The minimum Gasteiger partial charge on any atom is -0.489 e. The molecule has 4 rings (SSSR count). The molecule has 0 bridgehead atoms. The molecule has 0 atom stereocenters. The van der Waals surface area contributed by atoms with Crippen LogP contribution >= 0.6 is 0 Å². The van der Waals surface area contributed by atoms with Gasteiger partial charge in [-0.05, 0) is 47.5 Å². The number of hydrogen-bond donors (Lipinski definition) is 0. The lowest BCUT2D eigenvalue weighted by atomic mass is 10.1. The summed E-state index contributed by atoms with van der Waals surface area (Å²) in [4.78, 5) is 4.64. The molecule has 25 heavy (non-hydrogen) atoms. The number of benzene rings is 3. The van der Waals surface area contributed by atoms with Gasteiger partial charge in [0.05, 0.1) is 5.69 Å². The molecule has 0 amide bonds. The monoisotopic (exact) mass is 325 g/mol. The number of pyridine rings is 1. The van der Waals surface area contributed by atoms with Crippen molar-refractivity contribution in [2.24, 2.45) is 0 Å². The molecule has 2 nitrogen and oxygen atoms in total. The van der Waals surface area contributed by atoms with Gasteiger partial charge >= 0.3 is 0 Å². The van der Waals surface area contributed by atoms with Crippen LogP contribution in [0.2, 0.25) is 0 Å². The van der Waals surface area contributed by atoms with E-state index in [1.165, 1.54) is 10.8 Å². The van der Waals surface area contributed by atoms with Crippen LogP contribution in [0.1, 0.15) is 11.3 Å². The molecule has 122 valence electrons. The molecular weight excluding hydrogens is 306 g/mol. The first-order valence-electron chi connectivity index (χ1n) is 8.42. The molecular formula is C23H19NO. The Labute approximate surface area is 147 Å².